The molecule has 0 radical (unpaired) electrons. The summed E-state index contributed by atoms with van der Waals surface area (Å²) >= 11 is 0. The third-order valence-electron chi connectivity index (χ3n) is 8.48. The minimum Gasteiger partial charge on any atom is -0.481 e. The molecule has 4 rings (SSSR count). The molecular weight excluding hydrogens is 320 g/mol. The maximum Gasteiger partial charge on any atom is 0.303 e. The Labute approximate surface area is 158 Å². The van der Waals surface area contributed by atoms with Gasteiger partial charge in [0, 0.05) is 11.8 Å². The summed E-state index contributed by atoms with van der Waals surface area (Å²) in [4.78, 5) is 11.0. The van der Waals surface area contributed by atoms with Crippen LogP contribution in [0.1, 0.15) is 78.6 Å². The Hall–Kier alpha value is -1.31. The standard InChI is InChI=1S/C24H34O2/c1-16(7-12-22(25)26)19-10-11-20-18-9-8-17-6-4-5-14-23(17,2)21(18)13-15-24(19,20)3/h8-9,13,16,19-20H,4-7,10-12,14-15H2,1-3H3,(H,25,26)/t16-,19?,20?,23+,24-/m1/s1. The molecule has 2 heteroatoms. The molecule has 0 saturated heterocycles. The van der Waals surface area contributed by atoms with E-state index in [0.717, 1.165) is 6.42 Å². The summed E-state index contributed by atoms with van der Waals surface area (Å²) in [5.41, 5.74) is 5.53. The van der Waals surface area contributed by atoms with Gasteiger partial charge in [-0.25, -0.2) is 0 Å². The first-order valence-electron chi connectivity index (χ1n) is 10.7. The van der Waals surface area contributed by atoms with Crippen molar-refractivity contribution in [1.29, 1.82) is 0 Å². The first-order chi connectivity index (χ1) is 12.4. The molecule has 2 saturated carbocycles. The molecule has 5 atom stereocenters. The molecule has 0 aromatic carbocycles. The average molecular weight is 355 g/mol. The summed E-state index contributed by atoms with van der Waals surface area (Å²) < 4.78 is 0. The second-order valence-corrected chi connectivity index (χ2v) is 9.83. The summed E-state index contributed by atoms with van der Waals surface area (Å²) in [6.07, 6.45) is 17.6. The predicted molar refractivity (Wildman–Crippen MR) is 106 cm³/mol. The number of allylic oxidation sites excluding steroid dienone is 6. The summed E-state index contributed by atoms with van der Waals surface area (Å²) in [6, 6.07) is 0. The van der Waals surface area contributed by atoms with Crippen molar-refractivity contribution < 1.29 is 9.90 Å². The number of carbonyl (C=O) groups is 1. The highest BCUT2D eigenvalue weighted by atomic mass is 16.4. The minimum atomic E-state index is -0.653. The van der Waals surface area contributed by atoms with Gasteiger partial charge in [0.2, 0.25) is 0 Å². The Balaban J connectivity index is 1.63. The van der Waals surface area contributed by atoms with Crippen molar-refractivity contribution in [2.45, 2.75) is 78.6 Å². The number of aliphatic carboxylic acids is 1. The van der Waals surface area contributed by atoms with Crippen molar-refractivity contribution in [3.63, 3.8) is 0 Å². The monoisotopic (exact) mass is 354 g/mol. The van der Waals surface area contributed by atoms with E-state index in [-0.39, 0.29) is 5.41 Å². The molecule has 1 N–H and O–H groups in total. The molecule has 0 amide bonds. The topological polar surface area (TPSA) is 37.3 Å². The molecule has 0 spiro atoms. The van der Waals surface area contributed by atoms with Crippen molar-refractivity contribution in [2.75, 3.05) is 0 Å². The number of hydrogen-bond acceptors (Lipinski definition) is 1. The van der Waals surface area contributed by atoms with Gasteiger partial charge in [0.1, 0.15) is 0 Å². The molecule has 0 aliphatic heterocycles. The summed E-state index contributed by atoms with van der Waals surface area (Å²) in [6.45, 7) is 7.26. The van der Waals surface area contributed by atoms with E-state index in [2.05, 4.69) is 39.0 Å². The first kappa shape index (κ1) is 18.1. The van der Waals surface area contributed by atoms with Crippen molar-refractivity contribution in [1.82, 2.24) is 0 Å². The quantitative estimate of drug-likeness (QED) is 0.643. The zero-order valence-electron chi connectivity index (χ0n) is 16.7. The molecule has 0 heterocycles. The van der Waals surface area contributed by atoms with Gasteiger partial charge < -0.3 is 5.11 Å². The van der Waals surface area contributed by atoms with Crippen molar-refractivity contribution in [2.24, 2.45) is 28.6 Å². The second-order valence-electron chi connectivity index (χ2n) is 9.83. The summed E-state index contributed by atoms with van der Waals surface area (Å²) in [5, 5.41) is 9.07. The zero-order valence-corrected chi connectivity index (χ0v) is 16.7. The smallest absolute Gasteiger partial charge is 0.303 e. The fourth-order valence-electron chi connectivity index (χ4n) is 6.93. The van der Waals surface area contributed by atoms with Gasteiger partial charge in [-0.15, -0.1) is 0 Å². The first-order valence-corrected chi connectivity index (χ1v) is 10.7. The van der Waals surface area contributed by atoms with Crippen LogP contribution in [0.3, 0.4) is 0 Å². The van der Waals surface area contributed by atoms with Gasteiger partial charge in [-0.1, -0.05) is 51.0 Å². The molecule has 0 aromatic heterocycles. The van der Waals surface area contributed by atoms with Crippen LogP contribution in [-0.4, -0.2) is 11.1 Å². The maximum atomic E-state index is 11.0. The van der Waals surface area contributed by atoms with Crippen LogP contribution in [0.5, 0.6) is 0 Å². The van der Waals surface area contributed by atoms with Crippen molar-refractivity contribution >= 4 is 5.97 Å². The van der Waals surface area contributed by atoms with Crippen molar-refractivity contribution in [3.8, 4) is 0 Å². The van der Waals surface area contributed by atoms with Crippen molar-refractivity contribution in [3.05, 3.63) is 34.9 Å². The van der Waals surface area contributed by atoms with Crippen LogP contribution in [0.25, 0.3) is 0 Å². The van der Waals surface area contributed by atoms with Gasteiger partial charge in [0.25, 0.3) is 0 Å². The Morgan fingerprint density at radius 3 is 2.85 bits per heavy atom. The zero-order chi connectivity index (χ0) is 18.5. The molecule has 0 bridgehead atoms. The van der Waals surface area contributed by atoms with E-state index in [1.54, 1.807) is 16.7 Å². The highest BCUT2D eigenvalue weighted by molar-refractivity contribution is 5.66. The third kappa shape index (κ3) is 2.63. The third-order valence-corrected chi connectivity index (χ3v) is 8.48. The molecule has 142 valence electrons. The highest BCUT2D eigenvalue weighted by Gasteiger charge is 2.53. The van der Waals surface area contributed by atoms with Crippen LogP contribution in [0.4, 0.5) is 0 Å². The van der Waals surface area contributed by atoms with Crippen LogP contribution in [0, 0.1) is 28.6 Å². The molecule has 26 heavy (non-hydrogen) atoms. The lowest BCUT2D eigenvalue weighted by molar-refractivity contribution is -0.137. The van der Waals surface area contributed by atoms with E-state index in [9.17, 15) is 4.79 Å². The SMILES string of the molecule is C[C@H](CCC(=O)O)C1CCC2C3=CC=C4CCCC[C@]4(C)C3=CC[C@@]21C. The molecule has 2 fully saturated rings. The Bertz CT molecular complexity index is 697. The van der Waals surface area contributed by atoms with Crippen LogP contribution >= 0.6 is 0 Å². The van der Waals surface area contributed by atoms with E-state index in [0.29, 0.717) is 29.6 Å². The number of rotatable bonds is 4. The normalized spacial score (nSPS) is 39.7. The maximum absolute atomic E-state index is 11.0. The second kappa shape index (κ2) is 6.39. The summed E-state index contributed by atoms with van der Waals surface area (Å²) in [5.74, 6) is 1.16. The van der Waals surface area contributed by atoms with E-state index in [1.807, 2.05) is 0 Å². The van der Waals surface area contributed by atoms with E-state index >= 15 is 0 Å². The van der Waals surface area contributed by atoms with Gasteiger partial charge >= 0.3 is 5.97 Å². The molecule has 0 aromatic rings. The fraction of sp³-hybridized carbons (Fsp3) is 0.708. The van der Waals surface area contributed by atoms with Crippen LogP contribution in [-0.2, 0) is 4.79 Å². The molecular formula is C24H34O2. The number of fused-ring (bicyclic) bond motifs is 5. The van der Waals surface area contributed by atoms with Crippen LogP contribution < -0.4 is 0 Å². The predicted octanol–water partition coefficient (Wildman–Crippen LogP) is 6.30. The largest absolute Gasteiger partial charge is 0.481 e. The molecule has 2 unspecified atom stereocenters. The lowest BCUT2D eigenvalue weighted by Crippen LogP contribution is -2.40. The van der Waals surface area contributed by atoms with Gasteiger partial charge in [-0.3, -0.25) is 4.79 Å². The molecule has 4 aliphatic carbocycles. The van der Waals surface area contributed by atoms with Gasteiger partial charge in [0.15, 0.2) is 0 Å². The van der Waals surface area contributed by atoms with Gasteiger partial charge in [-0.05, 0) is 79.3 Å². The average Bonchev–Trinajstić information content (AvgIpc) is 2.96. The molecule has 2 nitrogen and oxygen atoms in total. The molecule has 4 aliphatic rings. The number of hydrogen-bond donors (Lipinski definition) is 1. The minimum absolute atomic E-state index is 0.288. The highest BCUT2D eigenvalue weighted by Crippen LogP contribution is 2.64. The lowest BCUT2D eigenvalue weighted by Gasteiger charge is -2.50. The van der Waals surface area contributed by atoms with Gasteiger partial charge in [-0.2, -0.15) is 0 Å². The van der Waals surface area contributed by atoms with Crippen LogP contribution in [0.15, 0.2) is 34.9 Å². The number of carboxylic acid groups (broad SMARTS) is 1. The van der Waals surface area contributed by atoms with E-state index in [4.69, 9.17) is 5.11 Å². The Morgan fingerprint density at radius 2 is 2.08 bits per heavy atom. The fourth-order valence-corrected chi connectivity index (χ4v) is 6.93. The van der Waals surface area contributed by atoms with Gasteiger partial charge in [0.05, 0.1) is 0 Å². The summed E-state index contributed by atoms with van der Waals surface area (Å²) in [7, 11) is 0. The van der Waals surface area contributed by atoms with Crippen LogP contribution in [0.2, 0.25) is 0 Å². The Morgan fingerprint density at radius 1 is 1.27 bits per heavy atom. The van der Waals surface area contributed by atoms with E-state index < -0.39 is 5.97 Å². The lowest BCUT2D eigenvalue weighted by atomic mass is 9.54. The van der Waals surface area contributed by atoms with E-state index in [1.165, 1.54) is 44.9 Å². The Kier molecular flexibility index (Phi) is 4.44. The number of carboxylic acids is 1.